The minimum atomic E-state index is -0.218. The number of thiophene rings is 1. The second-order valence-corrected chi connectivity index (χ2v) is 9.31. The molecule has 2 amide bonds. The van der Waals surface area contributed by atoms with Crippen LogP contribution in [-0.4, -0.2) is 78.3 Å². The molecule has 32 heavy (non-hydrogen) atoms. The van der Waals surface area contributed by atoms with Gasteiger partial charge in [-0.05, 0) is 29.1 Å². The highest BCUT2D eigenvalue weighted by atomic mass is 35.5. The number of morpholine rings is 1. The van der Waals surface area contributed by atoms with E-state index in [1.807, 2.05) is 41.8 Å². The molecule has 1 aromatic carbocycles. The zero-order chi connectivity index (χ0) is 22.5. The molecule has 9 heteroatoms. The normalized spacial score (nSPS) is 19.1. The van der Waals surface area contributed by atoms with E-state index in [-0.39, 0.29) is 24.4 Å². The van der Waals surface area contributed by atoms with Crippen molar-refractivity contribution in [1.29, 1.82) is 0 Å². The molecule has 7 nitrogen and oxygen atoms in total. The molecule has 0 spiro atoms. The van der Waals surface area contributed by atoms with Crippen LogP contribution in [0.4, 0.5) is 0 Å². The Morgan fingerprint density at radius 1 is 1.22 bits per heavy atom. The Kier molecular flexibility index (Phi) is 7.57. The molecule has 0 radical (unpaired) electrons. The lowest BCUT2D eigenvalue weighted by Gasteiger charge is -2.30. The Morgan fingerprint density at radius 3 is 2.62 bits per heavy atom. The van der Waals surface area contributed by atoms with Crippen molar-refractivity contribution in [3.63, 3.8) is 0 Å². The van der Waals surface area contributed by atoms with Gasteiger partial charge < -0.3 is 9.64 Å². The van der Waals surface area contributed by atoms with Crippen molar-refractivity contribution in [2.24, 2.45) is 5.10 Å². The zero-order valence-electron chi connectivity index (χ0n) is 18.1. The van der Waals surface area contributed by atoms with Crippen molar-refractivity contribution in [2.75, 3.05) is 45.9 Å². The van der Waals surface area contributed by atoms with Gasteiger partial charge >= 0.3 is 0 Å². The predicted octanol–water partition coefficient (Wildman–Crippen LogP) is 3.26. The SMILES string of the molecule is CC(=O)N(CCN1CCOCC1)CC(=O)N1N=C(c2cccs2)CC1c1ccc(Cl)cc1. The Bertz CT molecular complexity index is 958. The summed E-state index contributed by atoms with van der Waals surface area (Å²) >= 11 is 7.67. The molecule has 2 aliphatic rings. The van der Waals surface area contributed by atoms with Crippen LogP contribution in [0.2, 0.25) is 5.02 Å². The second-order valence-electron chi connectivity index (χ2n) is 7.93. The van der Waals surface area contributed by atoms with Crippen LogP contribution in [0, 0.1) is 0 Å². The molecule has 4 rings (SSSR count). The van der Waals surface area contributed by atoms with E-state index in [2.05, 4.69) is 10.0 Å². The molecular weight excluding hydrogens is 448 g/mol. The van der Waals surface area contributed by atoms with Crippen LogP contribution in [0.15, 0.2) is 46.9 Å². The average molecular weight is 475 g/mol. The van der Waals surface area contributed by atoms with E-state index in [0.29, 0.717) is 31.2 Å². The molecule has 0 saturated carbocycles. The topological polar surface area (TPSA) is 65.5 Å². The van der Waals surface area contributed by atoms with Crippen LogP contribution in [0.5, 0.6) is 0 Å². The second kappa shape index (κ2) is 10.6. The van der Waals surface area contributed by atoms with Crippen LogP contribution in [0.1, 0.15) is 29.8 Å². The van der Waals surface area contributed by atoms with Crippen molar-refractivity contribution >= 4 is 40.5 Å². The van der Waals surface area contributed by atoms with Gasteiger partial charge in [0.15, 0.2) is 0 Å². The third-order valence-corrected chi connectivity index (χ3v) is 6.96. The quantitative estimate of drug-likeness (QED) is 0.617. The van der Waals surface area contributed by atoms with E-state index in [9.17, 15) is 9.59 Å². The summed E-state index contributed by atoms with van der Waals surface area (Å²) in [5.74, 6) is -0.301. The van der Waals surface area contributed by atoms with Crippen LogP contribution >= 0.6 is 22.9 Å². The summed E-state index contributed by atoms with van der Waals surface area (Å²) in [4.78, 5) is 30.5. The minimum absolute atomic E-state index is 0.00494. The average Bonchev–Trinajstić information content (AvgIpc) is 3.48. The lowest BCUT2D eigenvalue weighted by Crippen LogP contribution is -2.45. The highest BCUT2D eigenvalue weighted by Crippen LogP contribution is 2.34. The minimum Gasteiger partial charge on any atom is -0.379 e. The van der Waals surface area contributed by atoms with Crippen molar-refractivity contribution in [3.8, 4) is 0 Å². The molecule has 170 valence electrons. The van der Waals surface area contributed by atoms with E-state index in [1.165, 1.54) is 6.92 Å². The molecule has 1 saturated heterocycles. The number of halogens is 1. The maximum Gasteiger partial charge on any atom is 0.262 e. The highest BCUT2D eigenvalue weighted by Gasteiger charge is 2.34. The summed E-state index contributed by atoms with van der Waals surface area (Å²) in [7, 11) is 0. The van der Waals surface area contributed by atoms with Gasteiger partial charge in [-0.3, -0.25) is 14.5 Å². The van der Waals surface area contributed by atoms with Crippen LogP contribution in [-0.2, 0) is 14.3 Å². The Morgan fingerprint density at radius 2 is 1.97 bits per heavy atom. The van der Waals surface area contributed by atoms with Gasteiger partial charge in [0.05, 0.1) is 29.8 Å². The van der Waals surface area contributed by atoms with Gasteiger partial charge in [0, 0.05) is 44.5 Å². The number of hydrogen-bond acceptors (Lipinski definition) is 6. The molecular formula is C23H27ClN4O3S. The lowest BCUT2D eigenvalue weighted by atomic mass is 10.0. The first-order valence-corrected chi connectivity index (χ1v) is 12.0. The van der Waals surface area contributed by atoms with Gasteiger partial charge in [0.25, 0.3) is 5.91 Å². The van der Waals surface area contributed by atoms with Crippen LogP contribution in [0.25, 0.3) is 0 Å². The number of ether oxygens (including phenoxy) is 1. The molecule has 1 fully saturated rings. The maximum absolute atomic E-state index is 13.3. The smallest absolute Gasteiger partial charge is 0.262 e. The first kappa shape index (κ1) is 22.9. The molecule has 0 N–H and O–H groups in total. The third-order valence-electron chi connectivity index (χ3n) is 5.79. The number of rotatable bonds is 7. The van der Waals surface area contributed by atoms with Gasteiger partial charge in [-0.25, -0.2) is 5.01 Å². The molecule has 1 aromatic heterocycles. The van der Waals surface area contributed by atoms with Crippen molar-refractivity contribution < 1.29 is 14.3 Å². The van der Waals surface area contributed by atoms with Gasteiger partial charge in [0.1, 0.15) is 6.54 Å². The number of carbonyl (C=O) groups excluding carboxylic acids is 2. The fourth-order valence-corrected chi connectivity index (χ4v) is 4.79. The summed E-state index contributed by atoms with van der Waals surface area (Å²) in [6, 6.07) is 11.3. The molecule has 2 aromatic rings. The van der Waals surface area contributed by atoms with E-state index < -0.39 is 0 Å². The third kappa shape index (κ3) is 5.56. The molecule has 1 unspecified atom stereocenters. The summed E-state index contributed by atoms with van der Waals surface area (Å²) in [5.41, 5.74) is 1.86. The predicted molar refractivity (Wildman–Crippen MR) is 126 cm³/mol. The van der Waals surface area contributed by atoms with Crippen molar-refractivity contribution in [1.82, 2.24) is 14.8 Å². The largest absolute Gasteiger partial charge is 0.379 e. The summed E-state index contributed by atoms with van der Waals surface area (Å²) in [5, 5.41) is 8.88. The van der Waals surface area contributed by atoms with Gasteiger partial charge in [0.2, 0.25) is 5.91 Å². The Hall–Kier alpha value is -2.26. The zero-order valence-corrected chi connectivity index (χ0v) is 19.6. The number of benzene rings is 1. The number of carbonyl (C=O) groups is 2. The van der Waals surface area contributed by atoms with Crippen molar-refractivity contribution in [3.05, 3.63) is 57.2 Å². The van der Waals surface area contributed by atoms with Crippen LogP contribution in [0.3, 0.4) is 0 Å². The monoisotopic (exact) mass is 474 g/mol. The van der Waals surface area contributed by atoms with Gasteiger partial charge in [-0.2, -0.15) is 5.10 Å². The van der Waals surface area contributed by atoms with E-state index in [0.717, 1.165) is 35.8 Å². The summed E-state index contributed by atoms with van der Waals surface area (Å²) < 4.78 is 5.38. The van der Waals surface area contributed by atoms with E-state index in [4.69, 9.17) is 16.3 Å². The molecule has 1 atom stereocenters. The first-order chi connectivity index (χ1) is 15.5. The van der Waals surface area contributed by atoms with Crippen molar-refractivity contribution in [2.45, 2.75) is 19.4 Å². The Labute approximate surface area is 197 Å². The molecule has 3 heterocycles. The fraction of sp³-hybridized carbons (Fsp3) is 0.435. The van der Waals surface area contributed by atoms with E-state index >= 15 is 0 Å². The first-order valence-electron chi connectivity index (χ1n) is 10.8. The highest BCUT2D eigenvalue weighted by molar-refractivity contribution is 7.12. The lowest BCUT2D eigenvalue weighted by molar-refractivity contribution is -0.140. The fourth-order valence-electron chi connectivity index (χ4n) is 3.95. The summed E-state index contributed by atoms with van der Waals surface area (Å²) in [6.07, 6.45) is 0.627. The number of hydrazone groups is 1. The van der Waals surface area contributed by atoms with Crippen LogP contribution < -0.4 is 0 Å². The molecule has 0 bridgehead atoms. The number of amides is 2. The van der Waals surface area contributed by atoms with Gasteiger partial charge in [-0.1, -0.05) is 29.8 Å². The van der Waals surface area contributed by atoms with E-state index in [1.54, 1.807) is 21.2 Å². The number of hydrogen-bond donors (Lipinski definition) is 0. The Balaban J connectivity index is 1.49. The maximum atomic E-state index is 13.3. The molecule has 0 aliphatic carbocycles. The summed E-state index contributed by atoms with van der Waals surface area (Å²) in [6.45, 7) is 5.84. The number of nitrogens with zero attached hydrogens (tertiary/aromatic N) is 4. The molecule has 2 aliphatic heterocycles. The standard InChI is InChI=1S/C23H27ClN4O3S/c1-17(29)27(9-8-26-10-12-31-13-11-26)16-23(30)28-21(18-4-6-19(24)7-5-18)15-20(25-28)22-3-2-14-32-22/h2-7,14,21H,8-13,15-16H2,1H3. The van der Waals surface area contributed by atoms with Gasteiger partial charge in [-0.15, -0.1) is 11.3 Å².